The Bertz CT molecular complexity index is 915. The number of nitrogens with zero attached hydrogens (tertiary/aromatic N) is 3. The summed E-state index contributed by atoms with van der Waals surface area (Å²) in [7, 11) is 1.83. The molecule has 1 amide bonds. The van der Waals surface area contributed by atoms with Gasteiger partial charge in [0, 0.05) is 32.2 Å². The molecule has 10 heteroatoms. The van der Waals surface area contributed by atoms with Gasteiger partial charge in [0.05, 0.1) is 30.9 Å². The Balaban J connectivity index is 2.30. The van der Waals surface area contributed by atoms with Gasteiger partial charge in [0.25, 0.3) is 0 Å². The molecular weight excluding hydrogens is 416 g/mol. The molecule has 0 bridgehead atoms. The van der Waals surface area contributed by atoms with Gasteiger partial charge in [-0.1, -0.05) is 0 Å². The third-order valence-corrected chi connectivity index (χ3v) is 4.71. The Morgan fingerprint density at radius 2 is 1.88 bits per heavy atom. The molecule has 0 aliphatic rings. The molecule has 1 heterocycles. The maximum atomic E-state index is 12.5. The van der Waals surface area contributed by atoms with Crippen molar-refractivity contribution in [1.29, 1.82) is 0 Å². The number of aliphatic hydroxyl groups is 2. The number of anilines is 1. The minimum atomic E-state index is -0.958. The fourth-order valence-corrected chi connectivity index (χ4v) is 3.30. The first-order valence-corrected chi connectivity index (χ1v) is 10.7. The van der Waals surface area contributed by atoms with E-state index in [1.54, 1.807) is 27.7 Å². The molecule has 3 N–H and O–H groups in total. The molecule has 1 aromatic heterocycles. The predicted octanol–water partition coefficient (Wildman–Crippen LogP) is 1.36. The number of benzene rings is 1. The summed E-state index contributed by atoms with van der Waals surface area (Å²) in [5.41, 5.74) is 1.66. The molecule has 0 aliphatic carbocycles. The molecule has 1 aromatic carbocycles. The van der Waals surface area contributed by atoms with Crippen molar-refractivity contribution in [3.63, 3.8) is 0 Å². The van der Waals surface area contributed by atoms with Gasteiger partial charge in [-0.3, -0.25) is 0 Å². The number of aryl methyl sites for hydroxylation is 1. The fraction of sp³-hybridized carbons (Fsp3) is 0.591. The number of rotatable bonds is 10. The Hall–Kier alpha value is -2.85. The maximum absolute atomic E-state index is 12.5. The zero-order valence-electron chi connectivity index (χ0n) is 19.4. The third-order valence-electron chi connectivity index (χ3n) is 4.71. The van der Waals surface area contributed by atoms with Crippen LogP contribution >= 0.6 is 0 Å². The third kappa shape index (κ3) is 6.83. The van der Waals surface area contributed by atoms with Crippen LogP contribution in [-0.2, 0) is 27.7 Å². The van der Waals surface area contributed by atoms with E-state index in [2.05, 4.69) is 10.3 Å². The van der Waals surface area contributed by atoms with Crippen LogP contribution in [0.5, 0.6) is 0 Å². The number of carbonyl (C=O) groups is 2. The molecule has 0 saturated carbocycles. The number of esters is 1. The number of nitrogens with one attached hydrogen (secondary N) is 1. The molecule has 32 heavy (non-hydrogen) atoms. The zero-order chi connectivity index (χ0) is 23.9. The quantitative estimate of drug-likeness (QED) is 0.463. The minimum absolute atomic E-state index is 0.0386. The summed E-state index contributed by atoms with van der Waals surface area (Å²) in [6.45, 7) is 7.80. The second-order valence-electron chi connectivity index (χ2n) is 8.35. The van der Waals surface area contributed by atoms with Gasteiger partial charge in [0.2, 0.25) is 0 Å². The normalized spacial score (nSPS) is 12.5. The molecular formula is C22H34N4O6. The topological polar surface area (TPSA) is 126 Å². The lowest BCUT2D eigenvalue weighted by Crippen LogP contribution is -2.45. The average Bonchev–Trinajstić information content (AvgIpc) is 3.01. The number of hydrogen-bond acceptors (Lipinski definition) is 8. The lowest BCUT2D eigenvalue weighted by atomic mass is 10.2. The molecule has 0 saturated heterocycles. The van der Waals surface area contributed by atoms with E-state index in [0.717, 1.165) is 11.2 Å². The SMILES string of the molecule is CCOC(=O)[C@H](Cc1nc2cc(N(CCO)CCO)ccc2n1C)NC(=O)OC(C)(C)C. The first-order valence-electron chi connectivity index (χ1n) is 10.7. The number of hydrogen-bond donors (Lipinski definition) is 3. The van der Waals surface area contributed by atoms with Gasteiger partial charge in [-0.2, -0.15) is 0 Å². The van der Waals surface area contributed by atoms with Gasteiger partial charge in [-0.05, 0) is 45.9 Å². The van der Waals surface area contributed by atoms with Crippen LogP contribution in [0.2, 0.25) is 0 Å². The first-order chi connectivity index (χ1) is 15.1. The molecule has 0 fully saturated rings. The number of fused-ring (bicyclic) bond motifs is 1. The largest absolute Gasteiger partial charge is 0.464 e. The van der Waals surface area contributed by atoms with Crippen molar-refractivity contribution in [2.45, 2.75) is 45.8 Å². The number of aliphatic hydroxyl groups excluding tert-OH is 2. The second kappa shape index (κ2) is 11.1. The molecule has 2 rings (SSSR count). The number of carbonyl (C=O) groups excluding carboxylic acids is 2. The Labute approximate surface area is 188 Å². The number of aromatic nitrogens is 2. The minimum Gasteiger partial charge on any atom is -0.464 e. The molecule has 2 aromatic rings. The van der Waals surface area contributed by atoms with Gasteiger partial charge in [-0.15, -0.1) is 0 Å². The van der Waals surface area contributed by atoms with E-state index in [9.17, 15) is 19.8 Å². The predicted molar refractivity (Wildman–Crippen MR) is 121 cm³/mol. The molecule has 0 spiro atoms. The Morgan fingerprint density at radius 3 is 2.44 bits per heavy atom. The van der Waals surface area contributed by atoms with Crippen molar-refractivity contribution in [2.75, 3.05) is 37.8 Å². The highest BCUT2D eigenvalue weighted by Crippen LogP contribution is 2.23. The number of amides is 1. The van der Waals surface area contributed by atoms with E-state index in [1.165, 1.54) is 0 Å². The maximum Gasteiger partial charge on any atom is 0.408 e. The van der Waals surface area contributed by atoms with Crippen LogP contribution < -0.4 is 10.2 Å². The lowest BCUT2D eigenvalue weighted by molar-refractivity contribution is -0.145. The highest BCUT2D eigenvalue weighted by Gasteiger charge is 2.27. The molecule has 178 valence electrons. The number of imidazole rings is 1. The summed E-state index contributed by atoms with van der Waals surface area (Å²) >= 11 is 0. The van der Waals surface area contributed by atoms with Crippen molar-refractivity contribution in [2.24, 2.45) is 7.05 Å². The molecule has 0 unspecified atom stereocenters. The lowest BCUT2D eigenvalue weighted by Gasteiger charge is -2.22. The van der Waals surface area contributed by atoms with Gasteiger partial charge in [-0.25, -0.2) is 14.6 Å². The Morgan fingerprint density at radius 1 is 1.22 bits per heavy atom. The Kier molecular flexibility index (Phi) is 8.85. The van der Waals surface area contributed by atoms with E-state index < -0.39 is 23.7 Å². The number of alkyl carbamates (subject to hydrolysis) is 1. The van der Waals surface area contributed by atoms with Crippen LogP contribution in [0.3, 0.4) is 0 Å². The van der Waals surface area contributed by atoms with Crippen LogP contribution in [0.4, 0.5) is 10.5 Å². The van der Waals surface area contributed by atoms with Crippen molar-refractivity contribution >= 4 is 28.8 Å². The summed E-state index contributed by atoms with van der Waals surface area (Å²) in [5.74, 6) is 0.0188. The summed E-state index contributed by atoms with van der Waals surface area (Å²) in [4.78, 5) is 31.2. The van der Waals surface area contributed by atoms with E-state index in [0.29, 0.717) is 24.4 Å². The van der Waals surface area contributed by atoms with Crippen molar-refractivity contribution < 1.29 is 29.3 Å². The van der Waals surface area contributed by atoms with Crippen LogP contribution in [0.15, 0.2) is 18.2 Å². The highest BCUT2D eigenvalue weighted by molar-refractivity contribution is 5.83. The van der Waals surface area contributed by atoms with Crippen molar-refractivity contribution in [3.05, 3.63) is 24.0 Å². The van der Waals surface area contributed by atoms with Crippen LogP contribution in [0, 0.1) is 0 Å². The van der Waals surface area contributed by atoms with Gasteiger partial charge >= 0.3 is 12.1 Å². The van der Waals surface area contributed by atoms with E-state index in [1.807, 2.05) is 34.7 Å². The number of ether oxygens (including phenoxy) is 2. The van der Waals surface area contributed by atoms with Crippen LogP contribution in [0.25, 0.3) is 11.0 Å². The van der Waals surface area contributed by atoms with Gasteiger partial charge < -0.3 is 34.5 Å². The summed E-state index contributed by atoms with van der Waals surface area (Å²) in [6, 6.07) is 4.69. The highest BCUT2D eigenvalue weighted by atomic mass is 16.6. The van der Waals surface area contributed by atoms with Gasteiger partial charge in [0.1, 0.15) is 17.5 Å². The molecule has 1 atom stereocenters. The first kappa shape index (κ1) is 25.4. The van der Waals surface area contributed by atoms with Crippen LogP contribution in [0.1, 0.15) is 33.5 Å². The smallest absolute Gasteiger partial charge is 0.408 e. The molecule has 10 nitrogen and oxygen atoms in total. The standard InChI is InChI=1S/C22H34N4O6/c1-6-31-20(29)17(24-21(30)32-22(2,3)4)14-19-23-16-13-15(7-8-18(16)25(19)5)26(9-11-27)10-12-28/h7-8,13,17,27-28H,6,9-12,14H2,1-5H3,(H,24,30)/t17-/m0/s1. The van der Waals surface area contributed by atoms with Crippen molar-refractivity contribution in [1.82, 2.24) is 14.9 Å². The van der Waals surface area contributed by atoms with E-state index in [4.69, 9.17) is 9.47 Å². The summed E-state index contributed by atoms with van der Waals surface area (Å²) in [5, 5.41) is 21.2. The van der Waals surface area contributed by atoms with E-state index in [-0.39, 0.29) is 26.2 Å². The fourth-order valence-electron chi connectivity index (χ4n) is 3.30. The molecule has 0 radical (unpaired) electrons. The average molecular weight is 451 g/mol. The second-order valence-corrected chi connectivity index (χ2v) is 8.35. The van der Waals surface area contributed by atoms with Gasteiger partial charge in [0.15, 0.2) is 0 Å². The monoisotopic (exact) mass is 450 g/mol. The zero-order valence-corrected chi connectivity index (χ0v) is 19.4. The summed E-state index contributed by atoms with van der Waals surface area (Å²) in [6.07, 6.45) is -0.587. The molecule has 0 aliphatic heterocycles. The van der Waals surface area contributed by atoms with Crippen molar-refractivity contribution in [3.8, 4) is 0 Å². The summed E-state index contributed by atoms with van der Waals surface area (Å²) < 4.78 is 12.3. The van der Waals surface area contributed by atoms with E-state index >= 15 is 0 Å². The van der Waals surface area contributed by atoms with Crippen LogP contribution in [-0.4, -0.2) is 76.4 Å².